The lowest BCUT2D eigenvalue weighted by Crippen LogP contribution is -2.34. The Balaban J connectivity index is 1.40. The minimum atomic E-state index is -3.03. The Kier molecular flexibility index (Phi) is 6.62. The fourth-order valence-corrected chi connectivity index (χ4v) is 3.26. The molecule has 28 heavy (non-hydrogen) atoms. The SMILES string of the molecule is Cc1ccc(C(F)(F)COC2CC[C@H](NC(=O)OCc3ccccc3)C2)cc1. The largest absolute Gasteiger partial charge is 0.445 e. The summed E-state index contributed by atoms with van der Waals surface area (Å²) < 4.78 is 39.2. The van der Waals surface area contributed by atoms with Gasteiger partial charge in [0.15, 0.2) is 0 Å². The van der Waals surface area contributed by atoms with Crippen LogP contribution in [0, 0.1) is 6.92 Å². The number of halogens is 2. The van der Waals surface area contributed by atoms with E-state index in [2.05, 4.69) is 5.32 Å². The number of carbonyl (C=O) groups excluding carboxylic acids is 1. The normalized spacial score (nSPS) is 19.4. The first kappa shape index (κ1) is 20.3. The monoisotopic (exact) mass is 389 g/mol. The molecule has 1 N–H and O–H groups in total. The van der Waals surface area contributed by atoms with Crippen LogP contribution >= 0.6 is 0 Å². The molecule has 1 aliphatic carbocycles. The molecule has 1 amide bonds. The van der Waals surface area contributed by atoms with E-state index < -0.39 is 18.6 Å². The van der Waals surface area contributed by atoms with Crippen molar-refractivity contribution in [2.24, 2.45) is 0 Å². The summed E-state index contributed by atoms with van der Waals surface area (Å²) >= 11 is 0. The number of hydrogen-bond acceptors (Lipinski definition) is 3. The molecular weight excluding hydrogens is 364 g/mol. The summed E-state index contributed by atoms with van der Waals surface area (Å²) in [5.74, 6) is -3.03. The molecule has 1 saturated carbocycles. The number of nitrogens with one attached hydrogen (secondary N) is 1. The lowest BCUT2D eigenvalue weighted by Gasteiger charge is -2.20. The van der Waals surface area contributed by atoms with Crippen LogP contribution in [0.4, 0.5) is 13.6 Å². The van der Waals surface area contributed by atoms with Crippen molar-refractivity contribution in [3.8, 4) is 0 Å². The maximum Gasteiger partial charge on any atom is 0.407 e. The van der Waals surface area contributed by atoms with Crippen LogP contribution in [-0.4, -0.2) is 24.8 Å². The zero-order chi connectivity index (χ0) is 20.0. The zero-order valence-electron chi connectivity index (χ0n) is 15.9. The van der Waals surface area contributed by atoms with E-state index in [0.29, 0.717) is 19.3 Å². The van der Waals surface area contributed by atoms with Crippen molar-refractivity contribution in [2.75, 3.05) is 6.61 Å². The van der Waals surface area contributed by atoms with E-state index in [-0.39, 0.29) is 24.3 Å². The van der Waals surface area contributed by atoms with Crippen LogP contribution < -0.4 is 5.32 Å². The summed E-state index contributed by atoms with van der Waals surface area (Å²) in [7, 11) is 0. The third kappa shape index (κ3) is 5.76. The quantitative estimate of drug-likeness (QED) is 0.729. The highest BCUT2D eigenvalue weighted by atomic mass is 19.3. The van der Waals surface area contributed by atoms with Crippen LogP contribution in [0.5, 0.6) is 0 Å². The van der Waals surface area contributed by atoms with E-state index >= 15 is 0 Å². The van der Waals surface area contributed by atoms with Crippen molar-refractivity contribution in [1.29, 1.82) is 0 Å². The first-order valence-corrected chi connectivity index (χ1v) is 9.46. The molecule has 0 aromatic heterocycles. The third-order valence-corrected chi connectivity index (χ3v) is 4.89. The van der Waals surface area contributed by atoms with Gasteiger partial charge in [-0.2, -0.15) is 8.78 Å². The number of carbonyl (C=O) groups is 1. The maximum absolute atomic E-state index is 14.3. The number of amides is 1. The Morgan fingerprint density at radius 2 is 1.82 bits per heavy atom. The van der Waals surface area contributed by atoms with Gasteiger partial charge >= 0.3 is 6.09 Å². The number of alkyl halides is 2. The Labute approximate surface area is 163 Å². The standard InChI is InChI=1S/C22H25F2NO3/c1-16-7-9-18(10-8-16)22(23,24)15-28-20-12-11-19(13-20)25-21(26)27-14-17-5-3-2-4-6-17/h2-10,19-20H,11-15H2,1H3,(H,25,26)/t19-,20?/m0/s1. The first-order chi connectivity index (χ1) is 13.4. The Hall–Kier alpha value is -2.47. The van der Waals surface area contributed by atoms with Crippen molar-refractivity contribution < 1.29 is 23.0 Å². The summed E-state index contributed by atoms with van der Waals surface area (Å²) in [4.78, 5) is 11.9. The van der Waals surface area contributed by atoms with Gasteiger partial charge in [0.2, 0.25) is 0 Å². The lowest BCUT2D eigenvalue weighted by atomic mass is 10.1. The van der Waals surface area contributed by atoms with Crippen LogP contribution in [0.2, 0.25) is 0 Å². The summed E-state index contributed by atoms with van der Waals surface area (Å²) in [6, 6.07) is 15.5. The van der Waals surface area contributed by atoms with Gasteiger partial charge in [0.1, 0.15) is 13.2 Å². The lowest BCUT2D eigenvalue weighted by molar-refractivity contribution is -0.103. The fourth-order valence-electron chi connectivity index (χ4n) is 3.26. The van der Waals surface area contributed by atoms with Crippen molar-refractivity contribution in [2.45, 2.75) is 50.9 Å². The number of rotatable bonds is 7. The average molecular weight is 389 g/mol. The average Bonchev–Trinajstić information content (AvgIpc) is 3.13. The first-order valence-electron chi connectivity index (χ1n) is 9.46. The second-order valence-electron chi connectivity index (χ2n) is 7.22. The van der Waals surface area contributed by atoms with Gasteiger partial charge in [0.25, 0.3) is 5.92 Å². The van der Waals surface area contributed by atoms with Crippen molar-refractivity contribution >= 4 is 6.09 Å². The van der Waals surface area contributed by atoms with Crippen LogP contribution in [0.25, 0.3) is 0 Å². The predicted molar refractivity (Wildman–Crippen MR) is 102 cm³/mol. The highest BCUT2D eigenvalue weighted by Gasteiger charge is 2.35. The fraction of sp³-hybridized carbons (Fsp3) is 0.409. The molecule has 2 atom stereocenters. The molecule has 0 heterocycles. The van der Waals surface area contributed by atoms with Crippen LogP contribution in [0.1, 0.15) is 36.0 Å². The Morgan fingerprint density at radius 3 is 2.54 bits per heavy atom. The Bertz CT molecular complexity index is 765. The zero-order valence-corrected chi connectivity index (χ0v) is 15.9. The molecule has 2 aromatic carbocycles. The van der Waals surface area contributed by atoms with Gasteiger partial charge in [-0.05, 0) is 31.7 Å². The van der Waals surface area contributed by atoms with Gasteiger partial charge in [-0.1, -0.05) is 60.2 Å². The van der Waals surface area contributed by atoms with E-state index in [1.807, 2.05) is 37.3 Å². The Morgan fingerprint density at radius 1 is 1.11 bits per heavy atom. The topological polar surface area (TPSA) is 47.6 Å². The van der Waals surface area contributed by atoms with Crippen molar-refractivity contribution in [3.63, 3.8) is 0 Å². The molecule has 0 bridgehead atoms. The molecule has 3 rings (SSSR count). The van der Waals surface area contributed by atoms with E-state index in [1.54, 1.807) is 12.1 Å². The minimum Gasteiger partial charge on any atom is -0.445 e. The van der Waals surface area contributed by atoms with Crippen LogP contribution in [-0.2, 0) is 22.0 Å². The molecule has 0 aliphatic heterocycles. The molecule has 0 radical (unpaired) electrons. The molecular formula is C22H25F2NO3. The van der Waals surface area contributed by atoms with Gasteiger partial charge in [-0.3, -0.25) is 0 Å². The van der Waals surface area contributed by atoms with Crippen molar-refractivity contribution in [3.05, 3.63) is 71.3 Å². The molecule has 2 aromatic rings. The number of hydrogen-bond donors (Lipinski definition) is 1. The smallest absolute Gasteiger partial charge is 0.407 e. The molecule has 1 unspecified atom stereocenters. The maximum atomic E-state index is 14.3. The van der Waals surface area contributed by atoms with E-state index in [9.17, 15) is 13.6 Å². The van der Waals surface area contributed by atoms with Gasteiger partial charge in [0.05, 0.1) is 6.10 Å². The van der Waals surface area contributed by atoms with Gasteiger partial charge in [0, 0.05) is 11.6 Å². The summed E-state index contributed by atoms with van der Waals surface area (Å²) in [5.41, 5.74) is 1.79. The van der Waals surface area contributed by atoms with Gasteiger partial charge < -0.3 is 14.8 Å². The number of ether oxygens (including phenoxy) is 2. The highest BCUT2D eigenvalue weighted by molar-refractivity contribution is 5.67. The molecule has 0 saturated heterocycles. The predicted octanol–water partition coefficient (Wildman–Crippen LogP) is 4.95. The summed E-state index contributed by atoms with van der Waals surface area (Å²) in [5, 5.41) is 2.79. The minimum absolute atomic E-state index is 0.0461. The molecule has 0 spiro atoms. The van der Waals surface area contributed by atoms with Gasteiger partial charge in [-0.25, -0.2) is 4.79 Å². The summed E-state index contributed by atoms with van der Waals surface area (Å²) in [6.07, 6.45) is 1.02. The van der Waals surface area contributed by atoms with E-state index in [0.717, 1.165) is 11.1 Å². The van der Waals surface area contributed by atoms with Gasteiger partial charge in [-0.15, -0.1) is 0 Å². The second kappa shape index (κ2) is 9.15. The molecule has 150 valence electrons. The highest BCUT2D eigenvalue weighted by Crippen LogP contribution is 2.31. The molecule has 4 nitrogen and oxygen atoms in total. The van der Waals surface area contributed by atoms with E-state index in [1.165, 1.54) is 12.1 Å². The van der Waals surface area contributed by atoms with E-state index in [4.69, 9.17) is 9.47 Å². The molecule has 1 fully saturated rings. The number of benzene rings is 2. The second-order valence-corrected chi connectivity index (χ2v) is 7.22. The number of alkyl carbamates (subject to hydrolysis) is 1. The van der Waals surface area contributed by atoms with Crippen LogP contribution in [0.3, 0.4) is 0 Å². The van der Waals surface area contributed by atoms with Crippen LogP contribution in [0.15, 0.2) is 54.6 Å². The summed E-state index contributed by atoms with van der Waals surface area (Å²) in [6.45, 7) is 1.39. The number of aryl methyl sites for hydroxylation is 1. The third-order valence-electron chi connectivity index (χ3n) is 4.89. The molecule has 6 heteroatoms. The molecule has 1 aliphatic rings. The van der Waals surface area contributed by atoms with Crippen molar-refractivity contribution in [1.82, 2.24) is 5.32 Å².